The number of para-hydroxylation sites is 1. The summed E-state index contributed by atoms with van der Waals surface area (Å²) in [5, 5.41) is 7.38. The Morgan fingerprint density at radius 1 is 1.15 bits per heavy atom. The molecule has 0 radical (unpaired) electrons. The molecule has 0 fully saturated rings. The van der Waals surface area contributed by atoms with Gasteiger partial charge in [0.1, 0.15) is 17.3 Å². The first-order valence-corrected chi connectivity index (χ1v) is 5.85. The maximum Gasteiger partial charge on any atom is 0.210 e. The predicted octanol–water partition coefficient (Wildman–Crippen LogP) is 2.18. The van der Waals surface area contributed by atoms with Crippen molar-refractivity contribution in [1.82, 2.24) is 4.98 Å². The zero-order valence-electron chi connectivity index (χ0n) is 11.2. The van der Waals surface area contributed by atoms with E-state index in [-0.39, 0.29) is 5.84 Å². The molecule has 1 aromatic carbocycles. The average Bonchev–Trinajstić information content (AvgIpc) is 2.47. The fraction of sp³-hybridized carbons (Fsp3) is 0.143. The van der Waals surface area contributed by atoms with Crippen LogP contribution in [0.5, 0.6) is 23.0 Å². The van der Waals surface area contributed by atoms with E-state index in [2.05, 4.69) is 4.98 Å². The monoisotopic (exact) mass is 273 g/mol. The van der Waals surface area contributed by atoms with E-state index in [1.54, 1.807) is 44.6 Å². The van der Waals surface area contributed by atoms with E-state index in [4.69, 9.17) is 25.4 Å². The summed E-state index contributed by atoms with van der Waals surface area (Å²) < 4.78 is 16.3. The van der Waals surface area contributed by atoms with Gasteiger partial charge in [-0.15, -0.1) is 0 Å². The van der Waals surface area contributed by atoms with Crippen LogP contribution < -0.4 is 19.9 Å². The number of hydrogen-bond donors (Lipinski definition) is 2. The molecule has 0 aliphatic heterocycles. The average molecular weight is 273 g/mol. The van der Waals surface area contributed by atoms with Crippen LogP contribution in [0, 0.1) is 5.41 Å². The van der Waals surface area contributed by atoms with Crippen LogP contribution >= 0.6 is 0 Å². The Morgan fingerprint density at radius 3 is 2.35 bits per heavy atom. The molecule has 0 saturated heterocycles. The molecule has 6 nitrogen and oxygen atoms in total. The van der Waals surface area contributed by atoms with Gasteiger partial charge in [0.05, 0.1) is 14.2 Å². The van der Waals surface area contributed by atoms with Gasteiger partial charge in [-0.25, -0.2) is 0 Å². The SMILES string of the molecule is COc1cccc(OC)c1Oc1ccnc(C(=N)N)c1. The largest absolute Gasteiger partial charge is 0.493 e. The Hall–Kier alpha value is -2.76. The number of methoxy groups -OCH3 is 2. The third-order valence-electron chi connectivity index (χ3n) is 2.61. The zero-order chi connectivity index (χ0) is 14.5. The molecular weight excluding hydrogens is 258 g/mol. The molecular formula is C14H15N3O3. The summed E-state index contributed by atoms with van der Waals surface area (Å²) in [5.74, 6) is 1.92. The van der Waals surface area contributed by atoms with Gasteiger partial charge in [-0.3, -0.25) is 10.4 Å². The Bertz CT molecular complexity index is 607. The maximum absolute atomic E-state index is 7.38. The van der Waals surface area contributed by atoms with Gasteiger partial charge in [0.15, 0.2) is 11.5 Å². The quantitative estimate of drug-likeness (QED) is 0.643. The van der Waals surface area contributed by atoms with E-state index >= 15 is 0 Å². The lowest BCUT2D eigenvalue weighted by molar-refractivity contribution is 0.346. The molecule has 0 aliphatic rings. The number of benzene rings is 1. The fourth-order valence-corrected chi connectivity index (χ4v) is 1.66. The molecule has 0 amide bonds. The van der Waals surface area contributed by atoms with E-state index < -0.39 is 0 Å². The van der Waals surface area contributed by atoms with Crippen LogP contribution in [0.3, 0.4) is 0 Å². The number of hydrogen-bond acceptors (Lipinski definition) is 5. The van der Waals surface area contributed by atoms with Gasteiger partial charge in [-0.2, -0.15) is 0 Å². The van der Waals surface area contributed by atoms with E-state index in [1.165, 1.54) is 6.20 Å². The van der Waals surface area contributed by atoms with E-state index in [0.29, 0.717) is 28.7 Å². The third kappa shape index (κ3) is 2.80. The van der Waals surface area contributed by atoms with Crippen molar-refractivity contribution in [3.63, 3.8) is 0 Å². The minimum Gasteiger partial charge on any atom is -0.493 e. The minimum absolute atomic E-state index is 0.123. The zero-order valence-corrected chi connectivity index (χ0v) is 11.2. The van der Waals surface area contributed by atoms with Crippen molar-refractivity contribution in [2.75, 3.05) is 14.2 Å². The van der Waals surface area contributed by atoms with Crippen LogP contribution in [-0.2, 0) is 0 Å². The highest BCUT2D eigenvalue weighted by Gasteiger charge is 2.13. The summed E-state index contributed by atoms with van der Waals surface area (Å²) in [6.07, 6.45) is 1.52. The molecule has 104 valence electrons. The summed E-state index contributed by atoms with van der Waals surface area (Å²) in [7, 11) is 3.10. The van der Waals surface area contributed by atoms with Crippen molar-refractivity contribution in [3.05, 3.63) is 42.2 Å². The molecule has 20 heavy (non-hydrogen) atoms. The smallest absolute Gasteiger partial charge is 0.210 e. The lowest BCUT2D eigenvalue weighted by Crippen LogP contribution is -2.12. The Balaban J connectivity index is 2.39. The first kappa shape index (κ1) is 13.7. The second-order valence-corrected chi connectivity index (χ2v) is 3.88. The van der Waals surface area contributed by atoms with E-state index in [9.17, 15) is 0 Å². The van der Waals surface area contributed by atoms with Crippen LogP contribution in [0.4, 0.5) is 0 Å². The predicted molar refractivity (Wildman–Crippen MR) is 74.9 cm³/mol. The number of amidine groups is 1. The van der Waals surface area contributed by atoms with E-state index in [1.807, 2.05) is 0 Å². The van der Waals surface area contributed by atoms with Gasteiger partial charge < -0.3 is 19.9 Å². The summed E-state index contributed by atoms with van der Waals surface area (Å²) >= 11 is 0. The van der Waals surface area contributed by atoms with Gasteiger partial charge in [-0.05, 0) is 18.2 Å². The molecule has 0 unspecified atom stereocenters. The van der Waals surface area contributed by atoms with Crippen LogP contribution in [-0.4, -0.2) is 25.0 Å². The number of nitrogens with two attached hydrogens (primary N) is 1. The maximum atomic E-state index is 7.38. The van der Waals surface area contributed by atoms with Crippen LogP contribution in [0.1, 0.15) is 5.69 Å². The van der Waals surface area contributed by atoms with Crippen LogP contribution in [0.25, 0.3) is 0 Å². The Labute approximate surface area is 116 Å². The fourth-order valence-electron chi connectivity index (χ4n) is 1.66. The molecule has 1 heterocycles. The summed E-state index contributed by atoms with van der Waals surface area (Å²) in [6.45, 7) is 0. The highest BCUT2D eigenvalue weighted by atomic mass is 16.5. The number of nitrogens with one attached hydrogen (secondary N) is 1. The van der Waals surface area contributed by atoms with Crippen molar-refractivity contribution < 1.29 is 14.2 Å². The first-order valence-electron chi connectivity index (χ1n) is 5.85. The molecule has 1 aromatic heterocycles. The first-order chi connectivity index (χ1) is 9.65. The summed E-state index contributed by atoms with van der Waals surface area (Å²) in [4.78, 5) is 3.97. The lowest BCUT2D eigenvalue weighted by atomic mass is 10.3. The third-order valence-corrected chi connectivity index (χ3v) is 2.61. The number of nitrogens with zero attached hydrogens (tertiary/aromatic N) is 1. The van der Waals surface area contributed by atoms with Gasteiger partial charge in [-0.1, -0.05) is 6.07 Å². The van der Waals surface area contributed by atoms with Crippen LogP contribution in [0.2, 0.25) is 0 Å². The second-order valence-electron chi connectivity index (χ2n) is 3.88. The summed E-state index contributed by atoms with van der Waals surface area (Å²) in [5.41, 5.74) is 5.75. The molecule has 2 aromatic rings. The Morgan fingerprint density at radius 2 is 1.80 bits per heavy atom. The number of rotatable bonds is 5. The van der Waals surface area contributed by atoms with Gasteiger partial charge in [0, 0.05) is 12.3 Å². The molecule has 0 spiro atoms. The minimum atomic E-state index is -0.123. The van der Waals surface area contributed by atoms with Crippen molar-refractivity contribution in [1.29, 1.82) is 5.41 Å². The highest BCUT2D eigenvalue weighted by Crippen LogP contribution is 2.39. The topological polar surface area (TPSA) is 90.5 Å². The Kier molecular flexibility index (Phi) is 4.05. The van der Waals surface area contributed by atoms with E-state index in [0.717, 1.165) is 0 Å². The van der Waals surface area contributed by atoms with Crippen molar-refractivity contribution in [2.24, 2.45) is 5.73 Å². The normalized spacial score (nSPS) is 9.90. The van der Waals surface area contributed by atoms with Crippen molar-refractivity contribution >= 4 is 5.84 Å². The molecule has 0 bridgehead atoms. The highest BCUT2D eigenvalue weighted by molar-refractivity contribution is 5.93. The van der Waals surface area contributed by atoms with Crippen LogP contribution in [0.15, 0.2) is 36.5 Å². The molecule has 0 atom stereocenters. The second kappa shape index (κ2) is 5.92. The number of aromatic nitrogens is 1. The molecule has 0 aliphatic carbocycles. The number of pyridine rings is 1. The van der Waals surface area contributed by atoms with Gasteiger partial charge in [0.2, 0.25) is 5.75 Å². The molecule has 3 N–H and O–H groups in total. The standard InChI is InChI=1S/C14H15N3O3/c1-18-11-4-3-5-12(19-2)13(11)20-9-6-7-17-10(8-9)14(15)16/h3-8H,1-2H3,(H3,15,16). The van der Waals surface area contributed by atoms with Gasteiger partial charge in [0.25, 0.3) is 0 Å². The summed E-state index contributed by atoms with van der Waals surface area (Å²) in [6, 6.07) is 8.58. The molecule has 2 rings (SSSR count). The number of nitrogen functional groups attached to an aromatic ring is 1. The number of ether oxygens (including phenoxy) is 3. The lowest BCUT2D eigenvalue weighted by Gasteiger charge is -2.14. The van der Waals surface area contributed by atoms with Crippen molar-refractivity contribution in [2.45, 2.75) is 0 Å². The molecule has 0 saturated carbocycles. The molecule has 6 heteroatoms. The van der Waals surface area contributed by atoms with Crippen molar-refractivity contribution in [3.8, 4) is 23.0 Å². The van der Waals surface area contributed by atoms with Gasteiger partial charge >= 0.3 is 0 Å².